The molecule has 9 heteroatoms. The lowest BCUT2D eigenvalue weighted by atomic mass is 10.1. The van der Waals surface area contributed by atoms with Crippen LogP contribution in [0.2, 0.25) is 0 Å². The van der Waals surface area contributed by atoms with E-state index in [2.05, 4.69) is 21.2 Å². The minimum Gasteiger partial charge on any atom is -0.445 e. The number of hydrogen-bond acceptors (Lipinski definition) is 4. The molecule has 2 aromatic rings. The summed E-state index contributed by atoms with van der Waals surface area (Å²) in [5.41, 5.74) is 1.12. The topological polar surface area (TPSA) is 81.5 Å². The Hall–Kier alpha value is -1.83. The summed E-state index contributed by atoms with van der Waals surface area (Å²) in [6, 6.07) is 14.3. The largest absolute Gasteiger partial charge is 0.445 e. The van der Waals surface area contributed by atoms with Gasteiger partial charge >= 0.3 is 10.6 Å². The summed E-state index contributed by atoms with van der Waals surface area (Å²) in [4.78, 5) is 22.5. The van der Waals surface area contributed by atoms with Crippen LogP contribution in [0.25, 0.3) is 0 Å². The molecule has 0 saturated heterocycles. The number of ether oxygens (including phenoxy) is 1. The van der Waals surface area contributed by atoms with Crippen LogP contribution in [0.15, 0.2) is 59.1 Å². The molecule has 6 nitrogen and oxygen atoms in total. The highest BCUT2D eigenvalue weighted by Gasteiger charge is 2.50. The van der Waals surface area contributed by atoms with Crippen LogP contribution in [0.1, 0.15) is 17.2 Å². The first-order chi connectivity index (χ1) is 11.8. The van der Waals surface area contributed by atoms with Crippen molar-refractivity contribution in [2.75, 3.05) is 0 Å². The zero-order valence-electron chi connectivity index (χ0n) is 12.7. The Morgan fingerprint density at radius 1 is 1.20 bits per heavy atom. The van der Waals surface area contributed by atoms with Crippen molar-refractivity contribution >= 4 is 45.2 Å². The molecular weight excluding hydrogens is 435 g/mol. The van der Waals surface area contributed by atoms with Crippen molar-refractivity contribution in [2.24, 2.45) is 0 Å². The summed E-state index contributed by atoms with van der Waals surface area (Å²) in [5, 5.41) is 13.6. The second-order valence-corrected chi connectivity index (χ2v) is 7.21. The maximum absolute atomic E-state index is 12.1. The summed E-state index contributed by atoms with van der Waals surface area (Å²) in [6.45, 7) is 0.00535. The van der Waals surface area contributed by atoms with Gasteiger partial charge in [0.15, 0.2) is 6.04 Å². The second-order valence-electron chi connectivity index (χ2n) is 5.01. The number of amides is 1. The van der Waals surface area contributed by atoms with Crippen molar-refractivity contribution in [3.63, 3.8) is 0 Å². The number of nitrogens with one attached hydrogen (secondary N) is 1. The minimum absolute atomic E-state index is 0.00535. The number of nitro groups is 1. The quantitative estimate of drug-likeness (QED) is 0.297. The first-order valence-electron chi connectivity index (χ1n) is 7.06. The summed E-state index contributed by atoms with van der Waals surface area (Å²) in [7, 11) is 0. The normalized spacial score (nSPS) is 12.3. The van der Waals surface area contributed by atoms with Gasteiger partial charge in [-0.2, -0.15) is 0 Å². The Morgan fingerprint density at radius 2 is 1.80 bits per heavy atom. The molecule has 1 unspecified atom stereocenters. The fraction of sp³-hybridized carbons (Fsp3) is 0.188. The molecule has 0 saturated carbocycles. The standard InChI is InChI=1S/C16H13BrCl2N2O4/c17-13-9-5-4-8-12(13)14(16(18,19)21(23)24)20-15(22)25-10-11-6-2-1-3-7-11/h1-9,14H,10H2,(H,20,22). The number of hydrogen-bond donors (Lipinski definition) is 1. The van der Waals surface area contributed by atoms with Crippen LogP contribution in [-0.2, 0) is 11.3 Å². The molecule has 0 heterocycles. The van der Waals surface area contributed by atoms with Crippen molar-refractivity contribution < 1.29 is 14.5 Å². The highest BCUT2D eigenvalue weighted by atomic mass is 79.9. The Bertz CT molecular complexity index is 759. The van der Waals surface area contributed by atoms with Crippen LogP contribution in [0.4, 0.5) is 4.79 Å². The molecule has 132 valence electrons. The van der Waals surface area contributed by atoms with Gasteiger partial charge in [-0.15, -0.1) is 0 Å². The second kappa shape index (κ2) is 8.51. The Kier molecular flexibility index (Phi) is 6.64. The van der Waals surface area contributed by atoms with Crippen LogP contribution >= 0.6 is 39.1 Å². The van der Waals surface area contributed by atoms with E-state index in [4.69, 9.17) is 27.9 Å². The number of nitrogens with zero attached hydrogens (tertiary/aromatic N) is 1. The lowest BCUT2D eigenvalue weighted by Crippen LogP contribution is -2.44. The van der Waals surface area contributed by atoms with E-state index in [0.717, 1.165) is 5.56 Å². The van der Waals surface area contributed by atoms with Gasteiger partial charge in [-0.3, -0.25) is 10.1 Å². The van der Waals surface area contributed by atoms with E-state index in [1.807, 2.05) is 6.07 Å². The molecule has 1 atom stereocenters. The van der Waals surface area contributed by atoms with E-state index in [1.165, 1.54) is 0 Å². The van der Waals surface area contributed by atoms with Gasteiger partial charge in [0.05, 0.1) is 4.92 Å². The summed E-state index contributed by atoms with van der Waals surface area (Å²) >= 11 is 15.0. The average molecular weight is 448 g/mol. The third-order valence-corrected chi connectivity index (χ3v) is 4.72. The predicted octanol–water partition coefficient (Wildman–Crippen LogP) is 4.82. The van der Waals surface area contributed by atoms with E-state index in [0.29, 0.717) is 10.0 Å². The molecule has 0 aliphatic carbocycles. The van der Waals surface area contributed by atoms with Crippen LogP contribution in [-0.4, -0.2) is 15.5 Å². The Morgan fingerprint density at radius 3 is 2.40 bits per heavy atom. The number of carbonyl (C=O) groups is 1. The molecule has 25 heavy (non-hydrogen) atoms. The van der Waals surface area contributed by atoms with Crippen LogP contribution in [0.5, 0.6) is 0 Å². The van der Waals surface area contributed by atoms with Crippen molar-refractivity contribution in [1.29, 1.82) is 0 Å². The van der Waals surface area contributed by atoms with Crippen molar-refractivity contribution in [3.05, 3.63) is 80.3 Å². The molecule has 0 spiro atoms. The lowest BCUT2D eigenvalue weighted by Gasteiger charge is -2.24. The van der Waals surface area contributed by atoms with Gasteiger partial charge < -0.3 is 10.1 Å². The van der Waals surface area contributed by atoms with Crippen molar-refractivity contribution in [1.82, 2.24) is 5.32 Å². The lowest BCUT2D eigenvalue weighted by molar-refractivity contribution is -0.521. The first kappa shape index (κ1) is 19.5. The molecule has 2 rings (SSSR count). The van der Waals surface area contributed by atoms with Crippen molar-refractivity contribution in [2.45, 2.75) is 17.1 Å². The summed E-state index contributed by atoms with van der Waals surface area (Å²) in [6.07, 6.45) is -0.878. The fourth-order valence-electron chi connectivity index (χ4n) is 2.05. The Balaban J connectivity index is 2.17. The third-order valence-electron chi connectivity index (χ3n) is 3.28. The number of carbonyl (C=O) groups excluding carboxylic acids is 1. The fourth-order valence-corrected chi connectivity index (χ4v) is 2.91. The SMILES string of the molecule is O=C(NC(c1ccccc1Br)C(Cl)(Cl)[N+](=O)[O-])OCc1ccccc1. The van der Waals surface area contributed by atoms with Crippen LogP contribution in [0.3, 0.4) is 0 Å². The molecule has 0 bridgehead atoms. The van der Waals surface area contributed by atoms with Gasteiger partial charge in [0, 0.05) is 4.47 Å². The molecule has 0 radical (unpaired) electrons. The average Bonchev–Trinajstić information content (AvgIpc) is 2.59. The van der Waals surface area contributed by atoms with Crippen LogP contribution < -0.4 is 5.32 Å². The smallest absolute Gasteiger partial charge is 0.408 e. The highest BCUT2D eigenvalue weighted by molar-refractivity contribution is 9.10. The molecule has 0 aliphatic rings. The number of halogens is 3. The molecule has 1 N–H and O–H groups in total. The predicted molar refractivity (Wildman–Crippen MR) is 98.1 cm³/mol. The molecule has 0 aliphatic heterocycles. The van der Waals surface area contributed by atoms with Gasteiger partial charge in [0.25, 0.3) is 0 Å². The third kappa shape index (κ3) is 5.07. The van der Waals surface area contributed by atoms with E-state index in [9.17, 15) is 14.9 Å². The molecule has 2 aromatic carbocycles. The van der Waals surface area contributed by atoms with Crippen molar-refractivity contribution in [3.8, 4) is 0 Å². The number of alkyl carbamates (subject to hydrolysis) is 1. The van der Waals surface area contributed by atoms with Gasteiger partial charge in [-0.1, -0.05) is 64.5 Å². The zero-order valence-corrected chi connectivity index (χ0v) is 15.8. The van der Waals surface area contributed by atoms with Gasteiger partial charge in [0.1, 0.15) is 6.61 Å². The van der Waals surface area contributed by atoms with E-state index in [1.54, 1.807) is 48.5 Å². The number of alkyl halides is 2. The maximum atomic E-state index is 12.1. The maximum Gasteiger partial charge on any atom is 0.408 e. The van der Waals surface area contributed by atoms with E-state index < -0.39 is 21.5 Å². The molecule has 1 amide bonds. The first-order valence-corrected chi connectivity index (χ1v) is 8.61. The molecular formula is C16H13BrCl2N2O4. The van der Waals surface area contributed by atoms with E-state index >= 15 is 0 Å². The monoisotopic (exact) mass is 446 g/mol. The molecule has 0 aromatic heterocycles. The number of rotatable bonds is 6. The summed E-state index contributed by atoms with van der Waals surface area (Å²) < 4.78 is 3.12. The van der Waals surface area contributed by atoms with Gasteiger partial charge in [0.2, 0.25) is 0 Å². The van der Waals surface area contributed by atoms with E-state index in [-0.39, 0.29) is 6.61 Å². The van der Waals surface area contributed by atoms with Gasteiger partial charge in [-0.25, -0.2) is 4.79 Å². The minimum atomic E-state index is -2.48. The molecule has 0 fully saturated rings. The number of benzene rings is 2. The zero-order chi connectivity index (χ0) is 18.4. The highest BCUT2D eigenvalue weighted by Crippen LogP contribution is 2.39. The van der Waals surface area contributed by atoms with Gasteiger partial charge in [-0.05, 0) is 40.4 Å². The summed E-state index contributed by atoms with van der Waals surface area (Å²) in [5.74, 6) is 0. The van der Waals surface area contributed by atoms with Crippen LogP contribution in [0, 0.1) is 10.1 Å². The Labute approximate surface area is 162 Å².